The minimum atomic E-state index is -0.535. The van der Waals surface area contributed by atoms with Gasteiger partial charge in [-0.05, 0) is 53.7 Å². The lowest BCUT2D eigenvalue weighted by Gasteiger charge is -2.28. The van der Waals surface area contributed by atoms with Crippen LogP contribution < -0.4 is 10.6 Å². The van der Waals surface area contributed by atoms with Crippen molar-refractivity contribution in [3.63, 3.8) is 0 Å². The molecule has 0 spiro atoms. The molecule has 0 aromatic carbocycles. The first-order valence-electron chi connectivity index (χ1n) is 5.85. The molecule has 1 aromatic heterocycles. The molecule has 1 unspecified atom stereocenters. The fraction of sp³-hybridized carbons (Fsp3) is 0.500. The Kier molecular flexibility index (Phi) is 3.87. The van der Waals surface area contributed by atoms with Crippen molar-refractivity contribution < 1.29 is 9.90 Å². The minimum Gasteiger partial charge on any atom is -0.394 e. The molecule has 5 nitrogen and oxygen atoms in total. The van der Waals surface area contributed by atoms with Crippen molar-refractivity contribution in [3.8, 4) is 0 Å². The lowest BCUT2D eigenvalue weighted by atomic mass is 9.97. The van der Waals surface area contributed by atoms with Gasteiger partial charge in [0.25, 0.3) is 0 Å². The van der Waals surface area contributed by atoms with E-state index in [0.717, 1.165) is 12.8 Å². The van der Waals surface area contributed by atoms with Crippen molar-refractivity contribution in [2.45, 2.75) is 25.3 Å². The topological polar surface area (TPSA) is 74.2 Å². The van der Waals surface area contributed by atoms with E-state index >= 15 is 0 Å². The number of aliphatic hydroxyl groups is 1. The number of aromatic nitrogens is 1. The van der Waals surface area contributed by atoms with Crippen LogP contribution in [0.2, 0.25) is 0 Å². The number of anilines is 1. The van der Waals surface area contributed by atoms with Gasteiger partial charge in [0.1, 0.15) is 4.60 Å². The maximum absolute atomic E-state index is 11.8. The molecule has 0 aliphatic heterocycles. The summed E-state index contributed by atoms with van der Waals surface area (Å²) in [5.41, 5.74) is 0.0825. The van der Waals surface area contributed by atoms with Gasteiger partial charge in [-0.3, -0.25) is 0 Å². The number of amides is 2. The smallest absolute Gasteiger partial charge is 0.319 e. The molecule has 2 rings (SSSR count). The highest BCUT2D eigenvalue weighted by atomic mass is 79.9. The van der Waals surface area contributed by atoms with E-state index in [1.807, 2.05) is 6.92 Å². The van der Waals surface area contributed by atoms with Crippen molar-refractivity contribution >= 4 is 27.6 Å². The highest BCUT2D eigenvalue weighted by Gasteiger charge is 2.42. The Balaban J connectivity index is 1.93. The van der Waals surface area contributed by atoms with Crippen LogP contribution in [-0.4, -0.2) is 28.3 Å². The molecular formula is C12H16BrN3O2. The lowest BCUT2D eigenvalue weighted by molar-refractivity contribution is 0.159. The average Bonchev–Trinajstić information content (AvgIpc) is 3.16. The zero-order valence-electron chi connectivity index (χ0n) is 10.1. The molecule has 1 aliphatic rings. The molecule has 1 heterocycles. The Morgan fingerprint density at radius 1 is 1.61 bits per heavy atom. The number of aliphatic hydroxyl groups excluding tert-OH is 1. The summed E-state index contributed by atoms with van der Waals surface area (Å²) in [6.45, 7) is 1.81. The van der Waals surface area contributed by atoms with E-state index in [4.69, 9.17) is 0 Å². The molecule has 1 fully saturated rings. The van der Waals surface area contributed by atoms with E-state index in [9.17, 15) is 9.90 Å². The highest BCUT2D eigenvalue weighted by Crippen LogP contribution is 2.39. The molecule has 0 bridgehead atoms. The van der Waals surface area contributed by atoms with Crippen molar-refractivity contribution in [1.29, 1.82) is 0 Å². The molecule has 1 aromatic rings. The summed E-state index contributed by atoms with van der Waals surface area (Å²) in [7, 11) is 0. The van der Waals surface area contributed by atoms with Crippen molar-refractivity contribution in [2.24, 2.45) is 5.92 Å². The third-order valence-electron chi connectivity index (χ3n) is 3.19. The van der Waals surface area contributed by atoms with Gasteiger partial charge in [-0.15, -0.1) is 0 Å². The Morgan fingerprint density at radius 3 is 2.83 bits per heavy atom. The first kappa shape index (κ1) is 13.3. The van der Waals surface area contributed by atoms with E-state index in [1.165, 1.54) is 0 Å². The van der Waals surface area contributed by atoms with E-state index < -0.39 is 5.54 Å². The van der Waals surface area contributed by atoms with Gasteiger partial charge in [0, 0.05) is 0 Å². The summed E-state index contributed by atoms with van der Waals surface area (Å²) < 4.78 is 0.714. The van der Waals surface area contributed by atoms with Gasteiger partial charge in [0.15, 0.2) is 0 Å². The monoisotopic (exact) mass is 313 g/mol. The van der Waals surface area contributed by atoms with Gasteiger partial charge in [-0.2, -0.15) is 0 Å². The summed E-state index contributed by atoms with van der Waals surface area (Å²) in [6, 6.07) is 3.19. The van der Waals surface area contributed by atoms with Crippen molar-refractivity contribution in [1.82, 2.24) is 10.3 Å². The second-order valence-electron chi connectivity index (χ2n) is 4.80. The molecule has 3 N–H and O–H groups in total. The zero-order chi connectivity index (χ0) is 13.2. The molecule has 18 heavy (non-hydrogen) atoms. The number of pyridine rings is 1. The van der Waals surface area contributed by atoms with Crippen LogP contribution in [0.5, 0.6) is 0 Å². The predicted octanol–water partition coefficient (Wildman–Crippen LogP) is 2.13. The molecule has 0 radical (unpaired) electrons. The van der Waals surface area contributed by atoms with Crippen LogP contribution in [0.25, 0.3) is 0 Å². The van der Waals surface area contributed by atoms with Crippen molar-refractivity contribution in [3.05, 3.63) is 22.9 Å². The summed E-state index contributed by atoms with van der Waals surface area (Å²) in [6.07, 6.45) is 3.67. The number of hydrogen-bond donors (Lipinski definition) is 3. The summed E-state index contributed by atoms with van der Waals surface area (Å²) in [5, 5.41) is 14.9. The van der Waals surface area contributed by atoms with Gasteiger partial charge in [0.2, 0.25) is 0 Å². The fourth-order valence-electron chi connectivity index (χ4n) is 1.86. The number of urea groups is 1. The lowest BCUT2D eigenvalue weighted by Crippen LogP contribution is -2.52. The van der Waals surface area contributed by atoms with Crippen molar-refractivity contribution in [2.75, 3.05) is 11.9 Å². The summed E-state index contributed by atoms with van der Waals surface area (Å²) in [4.78, 5) is 15.9. The Bertz CT molecular complexity index is 433. The number of halogens is 1. The predicted molar refractivity (Wildman–Crippen MR) is 72.3 cm³/mol. The molecular weight excluding hydrogens is 298 g/mol. The van der Waals surface area contributed by atoms with Crippen LogP contribution in [0.1, 0.15) is 19.8 Å². The van der Waals surface area contributed by atoms with E-state index in [-0.39, 0.29) is 12.6 Å². The molecule has 98 valence electrons. The fourth-order valence-corrected chi connectivity index (χ4v) is 2.10. The molecule has 2 amide bonds. The largest absolute Gasteiger partial charge is 0.394 e. The molecule has 1 saturated carbocycles. The standard InChI is InChI=1S/C12H16BrN3O2/c1-12(7-17,8-2-3-8)16-11(18)15-9-4-5-10(13)14-6-9/h4-6,8,17H,2-3,7H2,1H3,(H2,15,16,18). The number of nitrogens with one attached hydrogen (secondary N) is 2. The average molecular weight is 314 g/mol. The number of rotatable bonds is 4. The SMILES string of the molecule is CC(CO)(NC(=O)Nc1ccc(Br)nc1)C1CC1. The maximum atomic E-state index is 11.8. The van der Waals surface area contributed by atoms with Crippen LogP contribution in [0.4, 0.5) is 10.5 Å². The van der Waals surface area contributed by atoms with Gasteiger partial charge < -0.3 is 15.7 Å². The summed E-state index contributed by atoms with van der Waals surface area (Å²) >= 11 is 3.23. The quantitative estimate of drug-likeness (QED) is 0.745. The molecule has 1 atom stereocenters. The van der Waals surface area contributed by atoms with Gasteiger partial charge >= 0.3 is 6.03 Å². The van der Waals surface area contributed by atoms with Crippen LogP contribution in [0, 0.1) is 5.92 Å². The summed E-state index contributed by atoms with van der Waals surface area (Å²) in [5.74, 6) is 0.372. The van der Waals surface area contributed by atoms with Gasteiger partial charge in [-0.1, -0.05) is 0 Å². The second-order valence-corrected chi connectivity index (χ2v) is 5.61. The van der Waals surface area contributed by atoms with E-state index in [0.29, 0.717) is 16.2 Å². The van der Waals surface area contributed by atoms with Crippen LogP contribution >= 0.6 is 15.9 Å². The minimum absolute atomic E-state index is 0.0519. The highest BCUT2D eigenvalue weighted by molar-refractivity contribution is 9.10. The Hall–Kier alpha value is -1.14. The Morgan fingerprint density at radius 2 is 2.33 bits per heavy atom. The molecule has 0 saturated heterocycles. The first-order valence-corrected chi connectivity index (χ1v) is 6.64. The van der Waals surface area contributed by atoms with E-state index in [2.05, 4.69) is 31.5 Å². The number of carbonyl (C=O) groups excluding carboxylic acids is 1. The number of nitrogens with zero attached hydrogens (tertiary/aromatic N) is 1. The third kappa shape index (κ3) is 3.20. The van der Waals surface area contributed by atoms with Crippen LogP contribution in [0.3, 0.4) is 0 Å². The van der Waals surface area contributed by atoms with Crippen LogP contribution in [0.15, 0.2) is 22.9 Å². The molecule has 6 heteroatoms. The second kappa shape index (κ2) is 5.24. The third-order valence-corrected chi connectivity index (χ3v) is 3.66. The number of hydrogen-bond acceptors (Lipinski definition) is 3. The first-order chi connectivity index (χ1) is 8.53. The van der Waals surface area contributed by atoms with Crippen LogP contribution in [-0.2, 0) is 0 Å². The van der Waals surface area contributed by atoms with Gasteiger partial charge in [-0.25, -0.2) is 9.78 Å². The van der Waals surface area contributed by atoms with Gasteiger partial charge in [0.05, 0.1) is 24.0 Å². The normalized spacial score (nSPS) is 17.9. The number of carbonyl (C=O) groups is 1. The maximum Gasteiger partial charge on any atom is 0.319 e. The Labute approximate surface area is 114 Å². The van der Waals surface area contributed by atoms with E-state index in [1.54, 1.807) is 18.3 Å². The molecule has 1 aliphatic carbocycles. The zero-order valence-corrected chi connectivity index (χ0v) is 11.7.